The molecule has 0 atom stereocenters. The van der Waals surface area contributed by atoms with Gasteiger partial charge < -0.3 is 0 Å². The van der Waals surface area contributed by atoms with Crippen molar-refractivity contribution in [2.75, 3.05) is 0 Å². The Bertz CT molecular complexity index is 303. The third-order valence-electron chi connectivity index (χ3n) is 1.96. The minimum absolute atomic E-state index is 0.914. The van der Waals surface area contributed by atoms with Crippen molar-refractivity contribution in [3.8, 4) is 0 Å². The maximum atomic E-state index is 6.41. The Labute approximate surface area is 89.3 Å². The summed E-state index contributed by atoms with van der Waals surface area (Å²) in [5, 5.41) is 0. The molecule has 0 nitrogen and oxygen atoms in total. The standard InChI is InChI=1S/2C5H5.2ClH.Co/c2*1-2-4-5-3-1;;;/h2*1-3H,4H2;2*1H;/q;;;;+2/p-2. The molecule has 2 aliphatic rings. The summed E-state index contributed by atoms with van der Waals surface area (Å²) in [6.07, 6.45) is 14.2. The van der Waals surface area contributed by atoms with E-state index in [0.29, 0.717) is 0 Å². The molecule has 0 bridgehead atoms. The molecule has 0 aromatic rings. The third kappa shape index (κ3) is 1.79. The molecule has 2 rings (SSSR count). The second kappa shape index (κ2) is 3.66. The van der Waals surface area contributed by atoms with Crippen LogP contribution >= 0.6 is 20.3 Å². The Morgan fingerprint density at radius 1 is 0.923 bits per heavy atom. The van der Waals surface area contributed by atoms with Crippen molar-refractivity contribution in [2.45, 2.75) is 12.8 Å². The van der Waals surface area contributed by atoms with Crippen molar-refractivity contribution in [1.82, 2.24) is 0 Å². The van der Waals surface area contributed by atoms with Crippen molar-refractivity contribution >= 4 is 20.3 Å². The first-order valence-corrected chi connectivity index (χ1v) is 7.93. The summed E-state index contributed by atoms with van der Waals surface area (Å²) in [7, 11) is 10.8. The molecular formula is C10H10Cl2Co. The molecule has 0 radical (unpaired) electrons. The first-order valence-electron chi connectivity index (χ1n) is 4.02. The molecule has 73 valence electrons. The van der Waals surface area contributed by atoms with Gasteiger partial charge in [-0.3, -0.25) is 0 Å². The Balaban J connectivity index is 2.20. The van der Waals surface area contributed by atoms with Crippen molar-refractivity contribution in [3.05, 3.63) is 45.5 Å². The van der Waals surface area contributed by atoms with Crippen LogP contribution in [-0.2, 0) is 10.8 Å². The molecule has 0 saturated carbocycles. The van der Waals surface area contributed by atoms with E-state index >= 15 is 0 Å². The van der Waals surface area contributed by atoms with E-state index in [2.05, 4.69) is 12.2 Å². The molecule has 0 heterocycles. The van der Waals surface area contributed by atoms with E-state index in [4.69, 9.17) is 20.3 Å². The van der Waals surface area contributed by atoms with Crippen LogP contribution < -0.4 is 0 Å². The molecule has 0 unspecified atom stereocenters. The van der Waals surface area contributed by atoms with Crippen molar-refractivity contribution in [3.63, 3.8) is 0 Å². The van der Waals surface area contributed by atoms with E-state index in [0.717, 1.165) is 12.8 Å². The van der Waals surface area contributed by atoms with Gasteiger partial charge in [0.05, 0.1) is 0 Å². The van der Waals surface area contributed by atoms with E-state index in [9.17, 15) is 0 Å². The quantitative estimate of drug-likeness (QED) is 0.700. The molecule has 0 aromatic heterocycles. The molecular weight excluding hydrogens is 250 g/mol. The normalized spacial score (nSPS) is 22.0. The summed E-state index contributed by atoms with van der Waals surface area (Å²) in [6, 6.07) is 0. The van der Waals surface area contributed by atoms with E-state index in [1.165, 1.54) is 9.02 Å². The van der Waals surface area contributed by atoms with Gasteiger partial charge in [0.25, 0.3) is 0 Å². The van der Waals surface area contributed by atoms with Gasteiger partial charge in [-0.2, -0.15) is 0 Å². The monoisotopic (exact) mass is 259 g/mol. The van der Waals surface area contributed by atoms with E-state index in [1.807, 2.05) is 24.3 Å². The van der Waals surface area contributed by atoms with Crippen LogP contribution in [0.15, 0.2) is 45.5 Å². The first kappa shape index (κ1) is 9.60. The predicted octanol–water partition coefficient (Wildman–Crippen LogP) is 4.14. The molecule has 2 aliphatic carbocycles. The zero-order valence-electron chi connectivity index (χ0n) is 6.97. The Hall–Kier alpha value is 0.0465. The zero-order valence-corrected chi connectivity index (χ0v) is 9.52. The summed E-state index contributed by atoms with van der Waals surface area (Å²) in [6.45, 7) is 0. The van der Waals surface area contributed by atoms with Crippen LogP contribution in [0.3, 0.4) is 0 Å². The van der Waals surface area contributed by atoms with Gasteiger partial charge in [0.15, 0.2) is 0 Å². The molecule has 0 spiro atoms. The second-order valence-electron chi connectivity index (χ2n) is 2.82. The molecule has 0 aromatic carbocycles. The van der Waals surface area contributed by atoms with Gasteiger partial charge in [-0.15, -0.1) is 0 Å². The van der Waals surface area contributed by atoms with Crippen molar-refractivity contribution < 1.29 is 10.8 Å². The van der Waals surface area contributed by atoms with Crippen LogP contribution in [0.5, 0.6) is 0 Å². The van der Waals surface area contributed by atoms with Gasteiger partial charge in [-0.05, 0) is 0 Å². The molecule has 3 heteroatoms. The Morgan fingerprint density at radius 3 is 1.69 bits per heavy atom. The van der Waals surface area contributed by atoms with Crippen LogP contribution in [0, 0.1) is 0 Å². The Morgan fingerprint density at radius 2 is 1.38 bits per heavy atom. The summed E-state index contributed by atoms with van der Waals surface area (Å²) in [4.78, 5) is 0. The van der Waals surface area contributed by atoms with E-state index in [1.54, 1.807) is 0 Å². The molecule has 13 heavy (non-hydrogen) atoms. The van der Waals surface area contributed by atoms with Gasteiger partial charge in [-0.1, -0.05) is 0 Å². The average Bonchev–Trinajstić information content (AvgIpc) is 2.78. The fraction of sp³-hybridized carbons (Fsp3) is 0.200. The van der Waals surface area contributed by atoms with Crippen LogP contribution in [0.1, 0.15) is 12.8 Å². The van der Waals surface area contributed by atoms with Gasteiger partial charge in [0.1, 0.15) is 0 Å². The van der Waals surface area contributed by atoms with Gasteiger partial charge in [0, 0.05) is 0 Å². The number of hydrogen-bond acceptors (Lipinski definition) is 0. The fourth-order valence-electron chi connectivity index (χ4n) is 1.27. The predicted molar refractivity (Wildman–Crippen MR) is 55.4 cm³/mol. The Kier molecular flexibility index (Phi) is 2.70. The summed E-state index contributed by atoms with van der Waals surface area (Å²) < 4.78 is 2.37. The second-order valence-corrected chi connectivity index (χ2v) is 9.00. The van der Waals surface area contributed by atoms with Crippen LogP contribution in [-0.4, -0.2) is 0 Å². The zero-order chi connectivity index (χ0) is 9.31. The van der Waals surface area contributed by atoms with E-state index < -0.39 is 10.8 Å². The summed E-state index contributed by atoms with van der Waals surface area (Å²) in [5.41, 5.74) is 0. The molecule has 0 N–H and O–H groups in total. The third-order valence-corrected chi connectivity index (χ3v) is 7.08. The van der Waals surface area contributed by atoms with Gasteiger partial charge >= 0.3 is 89.4 Å². The molecule has 0 amide bonds. The van der Waals surface area contributed by atoms with Crippen molar-refractivity contribution in [2.24, 2.45) is 0 Å². The number of hydrogen-bond donors (Lipinski definition) is 0. The van der Waals surface area contributed by atoms with Gasteiger partial charge in [-0.25, -0.2) is 0 Å². The molecule has 0 fully saturated rings. The average molecular weight is 260 g/mol. The SMILES string of the molecule is [Cl][Co]([Cl])([C]1=CC=CC1)[C]1=CC=CC1. The van der Waals surface area contributed by atoms with E-state index in [-0.39, 0.29) is 0 Å². The number of allylic oxidation sites excluding steroid dienone is 8. The van der Waals surface area contributed by atoms with Crippen LogP contribution in [0.4, 0.5) is 0 Å². The minimum atomic E-state index is -1.98. The van der Waals surface area contributed by atoms with Crippen molar-refractivity contribution in [1.29, 1.82) is 0 Å². The maximum absolute atomic E-state index is 6.41. The first-order chi connectivity index (χ1) is 6.21. The number of halogens is 2. The summed E-state index contributed by atoms with van der Waals surface area (Å²) >= 11 is 0. The fourth-order valence-corrected chi connectivity index (χ4v) is 4.66. The molecule has 0 saturated heterocycles. The summed E-state index contributed by atoms with van der Waals surface area (Å²) in [5.74, 6) is 0. The topological polar surface area (TPSA) is 0 Å². The molecule has 0 aliphatic heterocycles. The van der Waals surface area contributed by atoms with Crippen LogP contribution in [0.25, 0.3) is 0 Å². The van der Waals surface area contributed by atoms with Gasteiger partial charge in [0.2, 0.25) is 0 Å². The number of rotatable bonds is 2. The van der Waals surface area contributed by atoms with Crippen LogP contribution in [0.2, 0.25) is 0 Å².